The Hall–Kier alpha value is -2.44. The fourth-order valence-electron chi connectivity index (χ4n) is 4.64. The molecular formula is C19H24N4O3. The molecule has 1 saturated carbocycles. The molecule has 1 saturated heterocycles. The van der Waals surface area contributed by atoms with E-state index in [0.29, 0.717) is 18.5 Å². The van der Waals surface area contributed by atoms with Gasteiger partial charge < -0.3 is 10.0 Å². The molecule has 2 aliphatic rings. The molecule has 3 unspecified atom stereocenters. The van der Waals surface area contributed by atoms with Gasteiger partial charge >= 0.3 is 5.97 Å². The second-order valence-corrected chi connectivity index (χ2v) is 7.71. The number of hydrogen-bond acceptors (Lipinski definition) is 4. The number of carbonyl (C=O) groups excluding carboxylic acids is 1. The summed E-state index contributed by atoms with van der Waals surface area (Å²) in [6, 6.07) is 2.09. The highest BCUT2D eigenvalue weighted by atomic mass is 16.4. The summed E-state index contributed by atoms with van der Waals surface area (Å²) in [5.41, 5.74) is 1.33. The first-order valence-corrected chi connectivity index (χ1v) is 9.34. The predicted molar refractivity (Wildman–Crippen MR) is 95.8 cm³/mol. The predicted octanol–water partition coefficient (Wildman–Crippen LogP) is 2.73. The highest BCUT2D eigenvalue weighted by Crippen LogP contribution is 2.41. The molecule has 4 rings (SSSR count). The van der Waals surface area contributed by atoms with Crippen molar-refractivity contribution >= 4 is 22.9 Å². The standard InChI is InChI=1S/C19H24N4O3/c1-11(2)23-17-12(10-21-23)8-13(9-20-17)18(24)22-7-6-15(19(25)26)14-4-3-5-16(14)22/h8-11,14-16H,3-7H2,1-2H3,(H,25,26). The van der Waals surface area contributed by atoms with Crippen LogP contribution in [0.1, 0.15) is 55.9 Å². The summed E-state index contributed by atoms with van der Waals surface area (Å²) in [5.74, 6) is -1.02. The summed E-state index contributed by atoms with van der Waals surface area (Å²) < 4.78 is 1.84. The zero-order chi connectivity index (χ0) is 18.4. The maximum absolute atomic E-state index is 13.1. The van der Waals surface area contributed by atoms with Crippen LogP contribution in [-0.2, 0) is 4.79 Å². The quantitative estimate of drug-likeness (QED) is 0.913. The number of aromatic nitrogens is 3. The summed E-state index contributed by atoms with van der Waals surface area (Å²) in [4.78, 5) is 31.0. The minimum atomic E-state index is -0.724. The Morgan fingerprint density at radius 1 is 1.23 bits per heavy atom. The first-order valence-electron chi connectivity index (χ1n) is 9.34. The molecule has 1 aliphatic heterocycles. The lowest BCUT2D eigenvalue weighted by molar-refractivity contribution is -0.146. The van der Waals surface area contributed by atoms with E-state index in [4.69, 9.17) is 0 Å². The van der Waals surface area contributed by atoms with Crippen LogP contribution in [0.5, 0.6) is 0 Å². The lowest BCUT2D eigenvalue weighted by Crippen LogP contribution is -2.51. The summed E-state index contributed by atoms with van der Waals surface area (Å²) in [6.07, 6.45) is 6.67. The van der Waals surface area contributed by atoms with Gasteiger partial charge in [-0.2, -0.15) is 5.10 Å². The number of aliphatic carboxylic acids is 1. The largest absolute Gasteiger partial charge is 0.481 e. The maximum atomic E-state index is 13.1. The average molecular weight is 356 g/mol. The lowest BCUT2D eigenvalue weighted by Gasteiger charge is -2.41. The van der Waals surface area contributed by atoms with Gasteiger partial charge in [-0.05, 0) is 45.1 Å². The zero-order valence-electron chi connectivity index (χ0n) is 15.1. The van der Waals surface area contributed by atoms with Crippen LogP contribution < -0.4 is 0 Å². The molecule has 3 heterocycles. The first kappa shape index (κ1) is 17.0. The molecular weight excluding hydrogens is 332 g/mol. The van der Waals surface area contributed by atoms with Crippen molar-refractivity contribution in [3.8, 4) is 0 Å². The van der Waals surface area contributed by atoms with Gasteiger partial charge in [-0.3, -0.25) is 9.59 Å². The van der Waals surface area contributed by atoms with Gasteiger partial charge in [0.05, 0.1) is 17.7 Å². The highest BCUT2D eigenvalue weighted by molar-refractivity contribution is 5.97. The molecule has 2 aromatic heterocycles. The summed E-state index contributed by atoms with van der Waals surface area (Å²) in [7, 11) is 0. The van der Waals surface area contributed by atoms with Crippen molar-refractivity contribution < 1.29 is 14.7 Å². The number of nitrogens with zero attached hydrogens (tertiary/aromatic N) is 4. The van der Waals surface area contributed by atoms with E-state index in [1.54, 1.807) is 12.4 Å². The van der Waals surface area contributed by atoms with Crippen LogP contribution in [-0.4, -0.2) is 49.2 Å². The number of amides is 1. The van der Waals surface area contributed by atoms with Gasteiger partial charge in [-0.25, -0.2) is 9.67 Å². The Morgan fingerprint density at radius 3 is 2.77 bits per heavy atom. The molecule has 1 aliphatic carbocycles. The number of pyridine rings is 1. The Labute approximate surface area is 152 Å². The number of carbonyl (C=O) groups is 2. The molecule has 0 spiro atoms. The van der Waals surface area contributed by atoms with Gasteiger partial charge in [-0.15, -0.1) is 0 Å². The van der Waals surface area contributed by atoms with Crippen LogP contribution in [0.25, 0.3) is 11.0 Å². The zero-order valence-corrected chi connectivity index (χ0v) is 15.1. The minimum Gasteiger partial charge on any atom is -0.481 e. The maximum Gasteiger partial charge on any atom is 0.306 e. The Morgan fingerprint density at radius 2 is 2.04 bits per heavy atom. The van der Waals surface area contributed by atoms with Crippen molar-refractivity contribution in [2.24, 2.45) is 11.8 Å². The van der Waals surface area contributed by atoms with E-state index >= 15 is 0 Å². The molecule has 26 heavy (non-hydrogen) atoms. The van der Waals surface area contributed by atoms with E-state index in [1.165, 1.54) is 0 Å². The molecule has 1 N–H and O–H groups in total. The minimum absolute atomic E-state index is 0.0337. The number of hydrogen-bond donors (Lipinski definition) is 1. The average Bonchev–Trinajstić information content (AvgIpc) is 3.26. The van der Waals surface area contributed by atoms with E-state index in [1.807, 2.05) is 29.5 Å². The normalized spacial score (nSPS) is 25.7. The number of carboxylic acids is 1. The lowest BCUT2D eigenvalue weighted by atomic mass is 9.81. The highest BCUT2D eigenvalue weighted by Gasteiger charge is 2.45. The molecule has 2 fully saturated rings. The van der Waals surface area contributed by atoms with Crippen LogP contribution in [0.2, 0.25) is 0 Å². The Kier molecular flexibility index (Phi) is 4.17. The molecule has 0 bridgehead atoms. The van der Waals surface area contributed by atoms with Gasteiger partial charge in [0.25, 0.3) is 5.91 Å². The third kappa shape index (κ3) is 2.66. The van der Waals surface area contributed by atoms with Crippen molar-refractivity contribution in [1.29, 1.82) is 0 Å². The second kappa shape index (κ2) is 6.37. The molecule has 0 aromatic carbocycles. The molecule has 0 radical (unpaired) electrons. The van der Waals surface area contributed by atoms with Gasteiger partial charge in [0, 0.05) is 30.2 Å². The number of piperidine rings is 1. The van der Waals surface area contributed by atoms with Crippen LogP contribution >= 0.6 is 0 Å². The number of carboxylic acid groups (broad SMARTS) is 1. The van der Waals surface area contributed by atoms with E-state index < -0.39 is 5.97 Å². The summed E-state index contributed by atoms with van der Waals surface area (Å²) in [6.45, 7) is 4.58. The molecule has 138 valence electrons. The van der Waals surface area contributed by atoms with Crippen molar-refractivity contribution in [3.05, 3.63) is 24.0 Å². The fourth-order valence-corrected chi connectivity index (χ4v) is 4.64. The first-order chi connectivity index (χ1) is 12.5. The number of rotatable bonds is 3. The van der Waals surface area contributed by atoms with Crippen molar-refractivity contribution in [3.63, 3.8) is 0 Å². The third-order valence-electron chi connectivity index (χ3n) is 5.88. The van der Waals surface area contributed by atoms with Gasteiger partial charge in [-0.1, -0.05) is 6.42 Å². The van der Waals surface area contributed by atoms with E-state index in [-0.39, 0.29) is 29.8 Å². The summed E-state index contributed by atoms with van der Waals surface area (Å²) >= 11 is 0. The topological polar surface area (TPSA) is 88.3 Å². The van der Waals surface area contributed by atoms with E-state index in [0.717, 1.165) is 30.3 Å². The SMILES string of the molecule is CC(C)n1ncc2cc(C(=O)N3CCC(C(=O)O)C4CCCC43)cnc21. The monoisotopic (exact) mass is 356 g/mol. The van der Waals surface area contributed by atoms with Crippen LogP contribution in [0.15, 0.2) is 18.5 Å². The van der Waals surface area contributed by atoms with Gasteiger partial charge in [0.15, 0.2) is 5.65 Å². The molecule has 7 nitrogen and oxygen atoms in total. The third-order valence-corrected chi connectivity index (χ3v) is 5.88. The van der Waals surface area contributed by atoms with Crippen molar-refractivity contribution in [1.82, 2.24) is 19.7 Å². The Bertz CT molecular complexity index is 860. The second-order valence-electron chi connectivity index (χ2n) is 7.71. The van der Waals surface area contributed by atoms with Crippen LogP contribution in [0, 0.1) is 11.8 Å². The fraction of sp³-hybridized carbons (Fsp3) is 0.579. The molecule has 3 atom stereocenters. The van der Waals surface area contributed by atoms with Crippen LogP contribution in [0.4, 0.5) is 0 Å². The van der Waals surface area contributed by atoms with Crippen molar-refractivity contribution in [2.75, 3.05) is 6.54 Å². The number of likely N-dealkylation sites (tertiary alicyclic amines) is 1. The molecule has 1 amide bonds. The van der Waals surface area contributed by atoms with E-state index in [2.05, 4.69) is 10.1 Å². The Balaban J connectivity index is 1.61. The molecule has 2 aromatic rings. The van der Waals surface area contributed by atoms with Crippen molar-refractivity contribution in [2.45, 2.75) is 51.6 Å². The van der Waals surface area contributed by atoms with Gasteiger partial charge in [0.2, 0.25) is 0 Å². The summed E-state index contributed by atoms with van der Waals surface area (Å²) in [5, 5.41) is 14.7. The van der Waals surface area contributed by atoms with Crippen LogP contribution in [0.3, 0.4) is 0 Å². The van der Waals surface area contributed by atoms with E-state index in [9.17, 15) is 14.7 Å². The molecule has 7 heteroatoms. The smallest absolute Gasteiger partial charge is 0.306 e. The number of fused-ring (bicyclic) bond motifs is 2. The van der Waals surface area contributed by atoms with Gasteiger partial charge in [0.1, 0.15) is 0 Å².